The van der Waals surface area contributed by atoms with E-state index in [2.05, 4.69) is 10.0 Å². The van der Waals surface area contributed by atoms with Crippen molar-refractivity contribution >= 4 is 15.9 Å². The number of amides is 1. The van der Waals surface area contributed by atoms with Crippen LogP contribution < -0.4 is 15.8 Å². The molecule has 0 bridgehead atoms. The highest BCUT2D eigenvalue weighted by atomic mass is 32.2. The highest BCUT2D eigenvalue weighted by Crippen LogP contribution is 2.09. The first-order valence-electron chi connectivity index (χ1n) is 7.32. The number of nitrogens with two attached hydrogens (primary N) is 1. The van der Waals surface area contributed by atoms with Crippen LogP contribution in [0.3, 0.4) is 0 Å². The van der Waals surface area contributed by atoms with Gasteiger partial charge in [0.05, 0.1) is 10.9 Å². The van der Waals surface area contributed by atoms with Crippen LogP contribution in [0, 0.1) is 12.8 Å². The Labute approximate surface area is 132 Å². The number of benzene rings is 1. The van der Waals surface area contributed by atoms with E-state index in [0.717, 1.165) is 5.56 Å². The smallest absolute Gasteiger partial charge is 0.240 e. The predicted octanol–water partition coefficient (Wildman–Crippen LogP) is 0.763. The Morgan fingerprint density at radius 3 is 2.32 bits per heavy atom. The number of carbonyl (C=O) groups excluding carboxylic acids is 1. The number of aryl methyl sites for hydroxylation is 1. The summed E-state index contributed by atoms with van der Waals surface area (Å²) in [5, 5.41) is 2.63. The molecule has 0 unspecified atom stereocenters. The van der Waals surface area contributed by atoms with Gasteiger partial charge in [-0.15, -0.1) is 0 Å². The Morgan fingerprint density at radius 1 is 1.18 bits per heavy atom. The maximum absolute atomic E-state index is 12.0. The summed E-state index contributed by atoms with van der Waals surface area (Å²) < 4.78 is 26.5. The normalized spacial score (nSPS) is 13.1. The molecule has 0 saturated carbocycles. The second-order valence-electron chi connectivity index (χ2n) is 5.74. The van der Waals surface area contributed by atoms with Crippen LogP contribution in [0.25, 0.3) is 0 Å². The molecule has 1 aromatic rings. The third-order valence-corrected chi connectivity index (χ3v) is 4.59. The number of sulfonamides is 1. The largest absolute Gasteiger partial charge is 0.353 e. The molecule has 22 heavy (non-hydrogen) atoms. The fourth-order valence-electron chi connectivity index (χ4n) is 1.92. The van der Waals surface area contributed by atoms with Crippen molar-refractivity contribution in [1.29, 1.82) is 0 Å². The van der Waals surface area contributed by atoms with E-state index in [1.165, 1.54) is 0 Å². The van der Waals surface area contributed by atoms with Crippen LogP contribution in [-0.2, 0) is 14.8 Å². The second kappa shape index (κ2) is 8.26. The van der Waals surface area contributed by atoms with Crippen LogP contribution in [0.5, 0.6) is 0 Å². The topological polar surface area (TPSA) is 101 Å². The van der Waals surface area contributed by atoms with E-state index in [1.807, 2.05) is 20.8 Å². The van der Waals surface area contributed by atoms with Gasteiger partial charge in [-0.2, -0.15) is 0 Å². The van der Waals surface area contributed by atoms with Gasteiger partial charge < -0.3 is 11.1 Å². The highest BCUT2D eigenvalue weighted by Gasteiger charge is 2.15. The summed E-state index contributed by atoms with van der Waals surface area (Å²) in [7, 11) is -3.55. The minimum Gasteiger partial charge on any atom is -0.353 e. The Hall–Kier alpha value is -1.44. The summed E-state index contributed by atoms with van der Waals surface area (Å²) >= 11 is 0. The zero-order valence-electron chi connectivity index (χ0n) is 13.3. The van der Waals surface area contributed by atoms with Crippen molar-refractivity contribution in [2.24, 2.45) is 11.7 Å². The van der Waals surface area contributed by atoms with Gasteiger partial charge in [0.15, 0.2) is 0 Å². The summed E-state index contributed by atoms with van der Waals surface area (Å²) in [5.74, 6) is 0.0732. The summed E-state index contributed by atoms with van der Waals surface area (Å²) in [4.78, 5) is 11.9. The molecule has 1 atom stereocenters. The molecule has 0 aliphatic rings. The third-order valence-electron chi connectivity index (χ3n) is 3.11. The zero-order valence-corrected chi connectivity index (χ0v) is 14.1. The average Bonchev–Trinajstić information content (AvgIpc) is 2.43. The van der Waals surface area contributed by atoms with E-state index >= 15 is 0 Å². The van der Waals surface area contributed by atoms with Gasteiger partial charge in [-0.05, 0) is 31.4 Å². The molecule has 0 heterocycles. The fourth-order valence-corrected chi connectivity index (χ4v) is 2.95. The van der Waals surface area contributed by atoms with E-state index < -0.39 is 16.1 Å². The summed E-state index contributed by atoms with van der Waals surface area (Å²) in [5.41, 5.74) is 6.73. The molecule has 0 saturated heterocycles. The molecule has 0 aliphatic heterocycles. The molecule has 0 spiro atoms. The summed E-state index contributed by atoms with van der Waals surface area (Å²) in [6, 6.07) is 6.01. The van der Waals surface area contributed by atoms with Crippen LogP contribution in [0.4, 0.5) is 0 Å². The zero-order chi connectivity index (χ0) is 16.8. The van der Waals surface area contributed by atoms with Crippen LogP contribution in [0.2, 0.25) is 0 Å². The van der Waals surface area contributed by atoms with E-state index in [1.54, 1.807) is 24.3 Å². The fraction of sp³-hybridized carbons (Fsp3) is 0.533. The lowest BCUT2D eigenvalue weighted by molar-refractivity contribution is -0.122. The molecule has 6 nitrogen and oxygen atoms in total. The van der Waals surface area contributed by atoms with Gasteiger partial charge in [-0.25, -0.2) is 13.1 Å². The van der Waals surface area contributed by atoms with Crippen molar-refractivity contribution in [3.05, 3.63) is 29.8 Å². The maximum Gasteiger partial charge on any atom is 0.240 e. The predicted molar refractivity (Wildman–Crippen MR) is 86.8 cm³/mol. The first-order valence-corrected chi connectivity index (χ1v) is 8.80. The quantitative estimate of drug-likeness (QED) is 0.614. The summed E-state index contributed by atoms with van der Waals surface area (Å²) in [6.45, 7) is 6.19. The Balaban J connectivity index is 2.40. The molecular weight excluding hydrogens is 302 g/mol. The molecule has 124 valence electrons. The first-order chi connectivity index (χ1) is 10.2. The number of hydrogen-bond donors (Lipinski definition) is 3. The maximum atomic E-state index is 12.0. The van der Waals surface area contributed by atoms with Crippen LogP contribution in [0.1, 0.15) is 25.8 Å². The Morgan fingerprint density at radius 2 is 1.77 bits per heavy atom. The molecule has 7 heteroatoms. The van der Waals surface area contributed by atoms with Gasteiger partial charge in [-0.1, -0.05) is 31.5 Å². The monoisotopic (exact) mass is 327 g/mol. The molecule has 0 radical (unpaired) electrons. The van der Waals surface area contributed by atoms with Gasteiger partial charge in [0.25, 0.3) is 0 Å². The van der Waals surface area contributed by atoms with Crippen LogP contribution in [0.15, 0.2) is 29.2 Å². The Kier molecular flexibility index (Phi) is 6.99. The highest BCUT2D eigenvalue weighted by molar-refractivity contribution is 7.89. The van der Waals surface area contributed by atoms with Crippen molar-refractivity contribution in [3.63, 3.8) is 0 Å². The molecule has 1 rings (SSSR count). The van der Waals surface area contributed by atoms with Crippen molar-refractivity contribution in [3.8, 4) is 0 Å². The number of hydrogen-bond acceptors (Lipinski definition) is 4. The van der Waals surface area contributed by atoms with Gasteiger partial charge in [0.2, 0.25) is 15.9 Å². The van der Waals surface area contributed by atoms with Gasteiger partial charge in [0.1, 0.15) is 0 Å². The van der Waals surface area contributed by atoms with E-state index in [4.69, 9.17) is 5.73 Å². The summed E-state index contributed by atoms with van der Waals surface area (Å²) in [6.07, 6.45) is 0.598. The number of rotatable bonds is 8. The second-order valence-corrected chi connectivity index (χ2v) is 7.50. The van der Waals surface area contributed by atoms with Crippen molar-refractivity contribution < 1.29 is 13.2 Å². The molecule has 1 aromatic carbocycles. The molecule has 4 N–H and O–H groups in total. The molecule has 0 aromatic heterocycles. The minimum atomic E-state index is -3.55. The van der Waals surface area contributed by atoms with E-state index in [0.29, 0.717) is 12.3 Å². The molecule has 0 fully saturated rings. The van der Waals surface area contributed by atoms with Crippen LogP contribution >= 0.6 is 0 Å². The lowest BCUT2D eigenvalue weighted by atomic mass is 10.0. The molecular formula is C15H25N3O3S. The lowest BCUT2D eigenvalue weighted by Crippen LogP contribution is -2.44. The number of nitrogens with one attached hydrogen (secondary N) is 2. The van der Waals surface area contributed by atoms with E-state index in [-0.39, 0.29) is 23.9 Å². The third kappa shape index (κ3) is 6.13. The SMILES string of the molecule is Cc1ccc(S(=O)(=O)NCCNC(=O)[C@@H](N)CC(C)C)cc1. The minimum absolute atomic E-state index is 0.121. The Bertz CT molecular complexity index is 583. The van der Waals surface area contributed by atoms with Gasteiger partial charge in [-0.3, -0.25) is 4.79 Å². The van der Waals surface area contributed by atoms with Crippen molar-refractivity contribution in [2.75, 3.05) is 13.1 Å². The van der Waals surface area contributed by atoms with Crippen LogP contribution in [-0.4, -0.2) is 33.5 Å². The van der Waals surface area contributed by atoms with E-state index in [9.17, 15) is 13.2 Å². The van der Waals surface area contributed by atoms with Gasteiger partial charge >= 0.3 is 0 Å². The lowest BCUT2D eigenvalue weighted by Gasteiger charge is -2.14. The first kappa shape index (κ1) is 18.6. The van der Waals surface area contributed by atoms with Crippen molar-refractivity contribution in [1.82, 2.24) is 10.0 Å². The average molecular weight is 327 g/mol. The van der Waals surface area contributed by atoms with Crippen molar-refractivity contribution in [2.45, 2.75) is 38.1 Å². The molecule has 1 amide bonds. The standard InChI is InChI=1S/C15H25N3O3S/c1-11(2)10-14(16)15(19)17-8-9-18-22(20,21)13-6-4-12(3)5-7-13/h4-7,11,14,18H,8-10,16H2,1-3H3,(H,17,19)/t14-/m0/s1. The van der Waals surface area contributed by atoms with Gasteiger partial charge in [0, 0.05) is 13.1 Å². The molecule has 0 aliphatic carbocycles. The number of carbonyl (C=O) groups is 1.